The molecule has 0 spiro atoms. The number of hydrogen-bond donors (Lipinski definition) is 0. The van der Waals surface area contributed by atoms with Gasteiger partial charge in [-0.1, -0.05) is 0 Å². The molecule has 0 saturated carbocycles. The second-order valence-corrected chi connectivity index (χ2v) is 0.691. The molecule has 2 heteroatoms. The van der Waals surface area contributed by atoms with E-state index in [1.807, 2.05) is 13.8 Å². The molecule has 0 amide bonds. The molecule has 1 nitrogen and oxygen atoms in total. The van der Waals surface area contributed by atoms with E-state index in [1.165, 1.54) is 0 Å². The Kier molecular flexibility index (Phi) is 15.1. The van der Waals surface area contributed by atoms with Crippen LogP contribution in [-0.2, 0) is 26.5 Å². The first-order chi connectivity index (χ1) is 2.41. The van der Waals surface area contributed by atoms with Crippen LogP contribution in [0.5, 0.6) is 0 Å². The van der Waals surface area contributed by atoms with Crippen LogP contribution in [0.4, 0.5) is 0 Å². The maximum Gasteiger partial charge on any atom is 0.00825 e. The van der Waals surface area contributed by atoms with Gasteiger partial charge in [-0.3, -0.25) is 0 Å². The van der Waals surface area contributed by atoms with Crippen LogP contribution < -0.4 is 0 Å². The van der Waals surface area contributed by atoms with Gasteiger partial charge in [0.05, 0.1) is 0 Å². The second-order valence-electron chi connectivity index (χ2n) is 0.691. The maximum atomic E-state index is 4.71. The third-order valence-electron chi connectivity index (χ3n) is 0.333. The van der Waals surface area contributed by atoms with E-state index in [-0.39, 0.29) is 21.7 Å². The molecule has 0 bridgehead atoms. The fourth-order valence-electron chi connectivity index (χ4n) is 0.167. The monoisotopic (exact) mass is 121 g/mol. The van der Waals surface area contributed by atoms with Crippen LogP contribution in [0.1, 0.15) is 13.8 Å². The van der Waals surface area contributed by atoms with E-state index in [0.29, 0.717) is 0 Å². The quantitative estimate of drug-likeness (QED) is 0.394. The van der Waals surface area contributed by atoms with Gasteiger partial charge in [0.15, 0.2) is 0 Å². The average Bonchev–Trinajstić information content (AvgIpc) is 1.41. The molecule has 0 radical (unpaired) electrons. The third kappa shape index (κ3) is 8.82. The summed E-state index contributed by atoms with van der Waals surface area (Å²) in [7, 11) is 0. The van der Waals surface area contributed by atoms with Gasteiger partial charge in [0.2, 0.25) is 0 Å². The molecule has 0 aromatic heterocycles. The minimum Gasteiger partial charge on any atom is -0.552 e. The normalized spacial score (nSPS) is 7.00. The molecule has 6 heavy (non-hydrogen) atoms. The molecule has 0 aliphatic heterocycles. The smallest absolute Gasteiger partial charge is 0.00825 e. The largest absolute Gasteiger partial charge is 0.552 e. The predicted molar refractivity (Wildman–Crippen MR) is 21.6 cm³/mol. The van der Waals surface area contributed by atoms with Gasteiger partial charge in [-0.05, 0) is 6.92 Å². The summed E-state index contributed by atoms with van der Waals surface area (Å²) in [5.41, 5.74) is 0. The second kappa shape index (κ2) is 9.18. The van der Waals surface area contributed by atoms with Gasteiger partial charge in [-0.15, -0.1) is 0 Å². The minimum absolute atomic E-state index is 0. The number of ether oxygens (including phenoxy) is 1. The Morgan fingerprint density at radius 3 is 2.17 bits per heavy atom. The summed E-state index contributed by atoms with van der Waals surface area (Å²) in [6.07, 6.45) is 0. The molecule has 0 aromatic carbocycles. The number of rotatable bonds is 2. The Morgan fingerprint density at radius 2 is 2.17 bits per heavy atom. The minimum atomic E-state index is 0. The van der Waals surface area contributed by atoms with Gasteiger partial charge in [-0.2, -0.15) is 6.92 Å². The topological polar surface area (TPSA) is 9.23 Å². The Morgan fingerprint density at radius 1 is 1.67 bits per heavy atom. The van der Waals surface area contributed by atoms with Crippen molar-refractivity contribution in [2.24, 2.45) is 0 Å². The van der Waals surface area contributed by atoms with Crippen molar-refractivity contribution in [2.45, 2.75) is 13.8 Å². The fourth-order valence-corrected chi connectivity index (χ4v) is 0.167. The van der Waals surface area contributed by atoms with Crippen molar-refractivity contribution in [2.75, 3.05) is 6.61 Å². The van der Waals surface area contributed by atoms with Crippen molar-refractivity contribution in [1.29, 1.82) is 0 Å². The van der Waals surface area contributed by atoms with Crippen molar-refractivity contribution in [1.82, 2.24) is 0 Å². The van der Waals surface area contributed by atoms with Crippen LogP contribution >= 0.6 is 0 Å². The zero-order chi connectivity index (χ0) is 4.12. The predicted octanol–water partition coefficient (Wildman–Crippen LogP) is 1.20. The van der Waals surface area contributed by atoms with E-state index in [0.717, 1.165) is 6.61 Å². The molecular weight excluding hydrogens is 112 g/mol. The first-order valence-electron chi connectivity index (χ1n) is 1.81. The van der Waals surface area contributed by atoms with Crippen LogP contribution in [0, 0.1) is 6.61 Å². The van der Waals surface area contributed by atoms with Crippen LogP contribution in [0.3, 0.4) is 0 Å². The van der Waals surface area contributed by atoms with Gasteiger partial charge in [0, 0.05) is 28.3 Å². The van der Waals surface area contributed by atoms with E-state index in [9.17, 15) is 0 Å². The molecule has 0 unspecified atom stereocenters. The van der Waals surface area contributed by atoms with Gasteiger partial charge in [0.25, 0.3) is 0 Å². The first-order valence-corrected chi connectivity index (χ1v) is 1.81. The summed E-state index contributed by atoms with van der Waals surface area (Å²) >= 11 is 0. The van der Waals surface area contributed by atoms with Crippen LogP contribution in [0.2, 0.25) is 0 Å². The van der Waals surface area contributed by atoms with Gasteiger partial charge < -0.3 is 4.74 Å². The van der Waals surface area contributed by atoms with Crippen molar-refractivity contribution < 1.29 is 26.5 Å². The molecule has 0 N–H and O–H groups in total. The molecule has 0 aliphatic carbocycles. The van der Waals surface area contributed by atoms with E-state index in [4.69, 9.17) is 4.74 Å². The summed E-state index contributed by atoms with van der Waals surface area (Å²) in [4.78, 5) is 0. The van der Waals surface area contributed by atoms with Gasteiger partial charge in [-0.25, -0.2) is 6.61 Å². The van der Waals surface area contributed by atoms with Crippen LogP contribution in [0.15, 0.2) is 0 Å². The molecular formula is C4H9OTi-. The molecule has 36 valence electrons. The number of hydrogen-bond acceptors (Lipinski definition) is 1. The van der Waals surface area contributed by atoms with E-state index in [2.05, 4.69) is 0 Å². The van der Waals surface area contributed by atoms with Gasteiger partial charge in [0.1, 0.15) is 0 Å². The standard InChI is InChI=1S/C4H9O.Ti/c1-3-5-4-2;/h3H,4H2,1-2H3;/q-1;. The molecule has 0 saturated heterocycles. The Hall–Kier alpha value is 0.674. The summed E-state index contributed by atoms with van der Waals surface area (Å²) in [6.45, 7) is 6.29. The Labute approximate surface area is 54.0 Å². The van der Waals surface area contributed by atoms with Crippen LogP contribution in [-0.4, -0.2) is 6.61 Å². The summed E-state index contributed by atoms with van der Waals surface area (Å²) in [5, 5.41) is 0. The van der Waals surface area contributed by atoms with Crippen molar-refractivity contribution in [3.63, 3.8) is 0 Å². The molecule has 0 heterocycles. The van der Waals surface area contributed by atoms with Crippen molar-refractivity contribution in [3.8, 4) is 0 Å². The Bertz CT molecular complexity index is 15.0. The summed E-state index contributed by atoms with van der Waals surface area (Å²) in [5.74, 6) is 0. The summed E-state index contributed by atoms with van der Waals surface area (Å²) in [6, 6.07) is 0. The Balaban J connectivity index is 0. The fraction of sp³-hybridized carbons (Fsp3) is 0.750. The zero-order valence-corrected chi connectivity index (χ0v) is 5.75. The average molecular weight is 121 g/mol. The maximum absolute atomic E-state index is 4.71. The molecule has 0 atom stereocenters. The summed E-state index contributed by atoms with van der Waals surface area (Å²) < 4.78 is 4.71. The van der Waals surface area contributed by atoms with Gasteiger partial charge >= 0.3 is 0 Å². The first kappa shape index (κ1) is 9.84. The van der Waals surface area contributed by atoms with E-state index < -0.39 is 0 Å². The molecule has 0 aromatic rings. The third-order valence-corrected chi connectivity index (χ3v) is 0.333. The van der Waals surface area contributed by atoms with Crippen LogP contribution in [0.25, 0.3) is 0 Å². The molecule has 0 rings (SSSR count). The zero-order valence-electron chi connectivity index (χ0n) is 4.19. The van der Waals surface area contributed by atoms with Crippen molar-refractivity contribution in [3.05, 3.63) is 6.61 Å². The van der Waals surface area contributed by atoms with E-state index in [1.54, 1.807) is 6.61 Å². The molecule has 0 fully saturated rings. The SMILES string of the molecule is C[CH-]OCC.[Ti]. The van der Waals surface area contributed by atoms with E-state index >= 15 is 0 Å². The van der Waals surface area contributed by atoms with Crippen molar-refractivity contribution >= 4 is 0 Å². The molecule has 0 aliphatic rings.